The number of aromatic nitrogens is 1. The summed E-state index contributed by atoms with van der Waals surface area (Å²) in [6.45, 7) is 12.2. The Morgan fingerprint density at radius 3 is 2.57 bits per heavy atom. The van der Waals surface area contributed by atoms with Crippen molar-refractivity contribution in [3.8, 4) is 0 Å². The lowest BCUT2D eigenvalue weighted by atomic mass is 9.99. The van der Waals surface area contributed by atoms with E-state index in [1.807, 2.05) is 12.3 Å². The van der Waals surface area contributed by atoms with Crippen LogP contribution in [-0.2, 0) is 20.7 Å². The number of esters is 1. The van der Waals surface area contributed by atoms with Gasteiger partial charge in [-0.25, -0.2) is 4.98 Å². The van der Waals surface area contributed by atoms with E-state index in [1.54, 1.807) is 11.3 Å². The van der Waals surface area contributed by atoms with Crippen molar-refractivity contribution in [1.82, 2.24) is 4.98 Å². The van der Waals surface area contributed by atoms with Crippen LogP contribution in [0, 0.1) is 0 Å². The van der Waals surface area contributed by atoms with E-state index in [0.717, 1.165) is 23.9 Å². The monoisotopic (exact) mass is 312 g/mol. The summed E-state index contributed by atoms with van der Waals surface area (Å²) in [7, 11) is 0. The lowest BCUT2D eigenvalue weighted by Gasteiger charge is -2.47. The molecule has 0 spiro atoms. The zero-order chi connectivity index (χ0) is 15.7. The molecule has 0 amide bonds. The predicted molar refractivity (Wildman–Crippen MR) is 83.9 cm³/mol. The second-order valence-electron chi connectivity index (χ2n) is 6.58. The van der Waals surface area contributed by atoms with Crippen LogP contribution in [-0.4, -0.2) is 41.9 Å². The van der Waals surface area contributed by atoms with Crippen molar-refractivity contribution in [2.24, 2.45) is 0 Å². The molecule has 21 heavy (non-hydrogen) atoms. The third-order valence-corrected chi connectivity index (χ3v) is 4.09. The zero-order valence-electron chi connectivity index (χ0n) is 13.4. The Hall–Kier alpha value is -1.14. The summed E-state index contributed by atoms with van der Waals surface area (Å²) in [5.41, 5.74) is 0.347. The van der Waals surface area contributed by atoms with E-state index in [9.17, 15) is 4.79 Å². The molecular formula is C15H24N2O3S. The first-order valence-corrected chi connectivity index (χ1v) is 8.14. The van der Waals surface area contributed by atoms with Gasteiger partial charge in [0.05, 0.1) is 29.9 Å². The van der Waals surface area contributed by atoms with Gasteiger partial charge in [0.2, 0.25) is 0 Å². The van der Waals surface area contributed by atoms with E-state index >= 15 is 0 Å². The summed E-state index contributed by atoms with van der Waals surface area (Å²) in [4.78, 5) is 18.3. The molecule has 1 aliphatic rings. The van der Waals surface area contributed by atoms with Gasteiger partial charge in [-0.1, -0.05) is 0 Å². The molecular weight excluding hydrogens is 288 g/mol. The first-order valence-electron chi connectivity index (χ1n) is 7.26. The van der Waals surface area contributed by atoms with Gasteiger partial charge in [0.25, 0.3) is 0 Å². The van der Waals surface area contributed by atoms with Crippen LogP contribution in [0.3, 0.4) is 0 Å². The molecule has 1 saturated heterocycles. The number of anilines is 1. The number of nitrogens with zero attached hydrogens (tertiary/aromatic N) is 2. The fraction of sp³-hybridized carbons (Fsp3) is 0.733. The number of carbonyl (C=O) groups excluding carboxylic acids is 1. The molecule has 0 radical (unpaired) electrons. The molecule has 2 heterocycles. The topological polar surface area (TPSA) is 51.7 Å². The van der Waals surface area contributed by atoms with Crippen molar-refractivity contribution >= 4 is 22.4 Å². The molecule has 118 valence electrons. The van der Waals surface area contributed by atoms with Crippen molar-refractivity contribution < 1.29 is 14.3 Å². The van der Waals surface area contributed by atoms with Gasteiger partial charge in [-0.15, -0.1) is 11.3 Å². The third-order valence-electron chi connectivity index (χ3n) is 3.14. The van der Waals surface area contributed by atoms with E-state index in [-0.39, 0.29) is 23.6 Å². The fourth-order valence-corrected chi connectivity index (χ4v) is 3.63. The molecule has 0 N–H and O–H groups in total. The van der Waals surface area contributed by atoms with Crippen LogP contribution in [0.25, 0.3) is 0 Å². The minimum atomic E-state index is -0.225. The standard InChI is InChI=1S/C15H24N2O3S/c1-6-19-12(18)7-11-8-21-13(16-11)17-9-14(2,3)20-15(4,5)10-17/h8H,6-7,9-10H2,1-5H3. The van der Waals surface area contributed by atoms with Gasteiger partial charge < -0.3 is 14.4 Å². The maximum absolute atomic E-state index is 11.5. The Morgan fingerprint density at radius 1 is 1.38 bits per heavy atom. The van der Waals surface area contributed by atoms with Crippen molar-refractivity contribution in [1.29, 1.82) is 0 Å². The van der Waals surface area contributed by atoms with E-state index in [0.29, 0.717) is 6.61 Å². The first kappa shape index (κ1) is 16.2. The van der Waals surface area contributed by atoms with Crippen molar-refractivity contribution in [2.75, 3.05) is 24.6 Å². The van der Waals surface area contributed by atoms with Crippen molar-refractivity contribution in [2.45, 2.75) is 52.2 Å². The van der Waals surface area contributed by atoms with E-state index in [4.69, 9.17) is 9.47 Å². The van der Waals surface area contributed by atoms with E-state index in [2.05, 4.69) is 37.6 Å². The van der Waals surface area contributed by atoms with E-state index in [1.165, 1.54) is 0 Å². The molecule has 5 nitrogen and oxygen atoms in total. The Morgan fingerprint density at radius 2 is 2.00 bits per heavy atom. The number of hydrogen-bond acceptors (Lipinski definition) is 6. The third kappa shape index (κ3) is 4.41. The van der Waals surface area contributed by atoms with Crippen molar-refractivity contribution in [3.05, 3.63) is 11.1 Å². The number of ether oxygens (including phenoxy) is 2. The molecule has 0 atom stereocenters. The molecule has 0 aromatic carbocycles. The highest BCUT2D eigenvalue weighted by Crippen LogP contribution is 2.32. The van der Waals surface area contributed by atoms with Gasteiger partial charge >= 0.3 is 5.97 Å². The number of hydrogen-bond donors (Lipinski definition) is 0. The minimum Gasteiger partial charge on any atom is -0.466 e. The Labute approximate surface area is 130 Å². The number of thiazole rings is 1. The lowest BCUT2D eigenvalue weighted by Crippen LogP contribution is -2.57. The van der Waals surface area contributed by atoms with Crippen LogP contribution in [0.15, 0.2) is 5.38 Å². The lowest BCUT2D eigenvalue weighted by molar-refractivity contribution is -0.142. The number of carbonyl (C=O) groups is 1. The summed E-state index contributed by atoms with van der Waals surface area (Å²) in [6, 6.07) is 0. The van der Waals surface area contributed by atoms with Crippen LogP contribution < -0.4 is 4.90 Å². The summed E-state index contributed by atoms with van der Waals surface area (Å²) in [5.74, 6) is -0.225. The minimum absolute atomic E-state index is 0.214. The molecule has 1 aliphatic heterocycles. The normalized spacial score (nSPS) is 20.3. The highest BCUT2D eigenvalue weighted by Gasteiger charge is 2.39. The maximum atomic E-state index is 11.5. The number of morpholine rings is 1. The van der Waals surface area contributed by atoms with E-state index < -0.39 is 0 Å². The van der Waals surface area contributed by atoms with Crippen LogP contribution in [0.5, 0.6) is 0 Å². The number of rotatable bonds is 4. The molecule has 0 unspecified atom stereocenters. The molecule has 2 rings (SSSR count). The fourth-order valence-electron chi connectivity index (χ4n) is 2.81. The second kappa shape index (κ2) is 5.93. The summed E-state index contributed by atoms with van der Waals surface area (Å²) in [6.07, 6.45) is 0.238. The van der Waals surface area contributed by atoms with Crippen LogP contribution >= 0.6 is 11.3 Å². The largest absolute Gasteiger partial charge is 0.466 e. The second-order valence-corrected chi connectivity index (χ2v) is 7.42. The summed E-state index contributed by atoms with van der Waals surface area (Å²) >= 11 is 1.57. The highest BCUT2D eigenvalue weighted by molar-refractivity contribution is 7.13. The van der Waals surface area contributed by atoms with Gasteiger partial charge in [0, 0.05) is 18.5 Å². The Balaban J connectivity index is 2.08. The smallest absolute Gasteiger partial charge is 0.311 e. The molecule has 1 fully saturated rings. The van der Waals surface area contributed by atoms with Crippen molar-refractivity contribution in [3.63, 3.8) is 0 Å². The SMILES string of the molecule is CCOC(=O)Cc1csc(N2CC(C)(C)OC(C)(C)C2)n1. The molecule has 6 heteroatoms. The Kier molecular flexibility index (Phi) is 4.58. The summed E-state index contributed by atoms with van der Waals surface area (Å²) < 4.78 is 11.0. The zero-order valence-corrected chi connectivity index (χ0v) is 14.2. The van der Waals surface area contributed by atoms with Gasteiger partial charge in [0.15, 0.2) is 5.13 Å². The average Bonchev–Trinajstić information content (AvgIpc) is 2.73. The average molecular weight is 312 g/mol. The molecule has 1 aromatic heterocycles. The maximum Gasteiger partial charge on any atom is 0.311 e. The summed E-state index contributed by atoms with van der Waals surface area (Å²) in [5, 5.41) is 2.88. The molecule has 0 saturated carbocycles. The van der Waals surface area contributed by atoms with Crippen LogP contribution in [0.4, 0.5) is 5.13 Å². The Bertz CT molecular complexity index is 495. The molecule has 0 bridgehead atoms. The quantitative estimate of drug-likeness (QED) is 0.800. The first-order chi connectivity index (χ1) is 9.71. The highest BCUT2D eigenvalue weighted by atomic mass is 32.1. The van der Waals surface area contributed by atoms with Crippen LogP contribution in [0.2, 0.25) is 0 Å². The molecule has 1 aromatic rings. The molecule has 0 aliphatic carbocycles. The van der Waals surface area contributed by atoms with Gasteiger partial charge in [-0.3, -0.25) is 4.79 Å². The van der Waals surface area contributed by atoms with Gasteiger partial charge in [0.1, 0.15) is 0 Å². The predicted octanol–water partition coefficient (Wildman–Crippen LogP) is 2.64. The van der Waals surface area contributed by atoms with Gasteiger partial charge in [-0.05, 0) is 34.6 Å². The van der Waals surface area contributed by atoms with Crippen LogP contribution in [0.1, 0.15) is 40.3 Å². The van der Waals surface area contributed by atoms with Gasteiger partial charge in [-0.2, -0.15) is 0 Å².